The zero-order valence-corrected chi connectivity index (χ0v) is 13.7. The van der Waals surface area contributed by atoms with Crippen LogP contribution < -0.4 is 5.32 Å². The highest BCUT2D eigenvalue weighted by Gasteiger charge is 2.13. The minimum Gasteiger partial charge on any atom is -0.338 e. The van der Waals surface area contributed by atoms with Crippen molar-refractivity contribution >= 4 is 0 Å². The molecule has 0 bridgehead atoms. The van der Waals surface area contributed by atoms with Gasteiger partial charge in [0.25, 0.3) is 0 Å². The summed E-state index contributed by atoms with van der Waals surface area (Å²) in [5.41, 5.74) is 4.07. The lowest BCUT2D eigenvalue weighted by molar-refractivity contribution is 0.491. The van der Waals surface area contributed by atoms with Gasteiger partial charge in [-0.25, -0.2) is 4.98 Å². The van der Waals surface area contributed by atoms with Crippen molar-refractivity contribution < 1.29 is 0 Å². The van der Waals surface area contributed by atoms with Gasteiger partial charge in [-0.15, -0.1) is 0 Å². The lowest BCUT2D eigenvalue weighted by Gasteiger charge is -2.20. The van der Waals surface area contributed by atoms with Crippen molar-refractivity contribution in [3.8, 4) is 0 Å². The third-order valence-corrected chi connectivity index (χ3v) is 3.86. The van der Waals surface area contributed by atoms with E-state index in [0.29, 0.717) is 6.04 Å². The van der Waals surface area contributed by atoms with Gasteiger partial charge in [0.2, 0.25) is 0 Å². The van der Waals surface area contributed by atoms with E-state index >= 15 is 0 Å². The first-order valence-electron chi connectivity index (χ1n) is 7.88. The van der Waals surface area contributed by atoms with Gasteiger partial charge in [-0.05, 0) is 38.8 Å². The number of benzene rings is 1. The SMILES string of the molecule is CCCNC(CCc1nccn1C)c1cc(C)cc(C)c1. The van der Waals surface area contributed by atoms with E-state index in [1.54, 1.807) is 0 Å². The summed E-state index contributed by atoms with van der Waals surface area (Å²) in [5, 5.41) is 3.69. The van der Waals surface area contributed by atoms with Gasteiger partial charge in [-0.3, -0.25) is 0 Å². The smallest absolute Gasteiger partial charge is 0.108 e. The molecule has 1 heterocycles. The minimum absolute atomic E-state index is 0.403. The number of nitrogens with one attached hydrogen (secondary N) is 1. The summed E-state index contributed by atoms with van der Waals surface area (Å²) < 4.78 is 2.11. The average Bonchev–Trinajstić information content (AvgIpc) is 2.83. The molecule has 0 amide bonds. The normalized spacial score (nSPS) is 12.6. The second-order valence-corrected chi connectivity index (χ2v) is 5.92. The standard InChI is InChI=1S/C18H27N3/c1-5-8-19-17(6-7-18-20-9-10-21(18)4)16-12-14(2)11-15(3)13-16/h9-13,17,19H,5-8H2,1-4H3. The second kappa shape index (κ2) is 7.41. The number of hydrogen-bond donors (Lipinski definition) is 1. The van der Waals surface area contributed by atoms with E-state index in [2.05, 4.69) is 60.9 Å². The van der Waals surface area contributed by atoms with Crippen molar-refractivity contribution in [3.05, 3.63) is 53.1 Å². The molecule has 3 nitrogen and oxygen atoms in total. The summed E-state index contributed by atoms with van der Waals surface area (Å²) in [5.74, 6) is 1.16. The molecule has 0 aliphatic carbocycles. The Morgan fingerprint density at radius 1 is 1.19 bits per heavy atom. The Labute approximate surface area is 128 Å². The number of nitrogens with zero attached hydrogens (tertiary/aromatic N) is 2. The van der Waals surface area contributed by atoms with Crippen molar-refractivity contribution in [1.29, 1.82) is 0 Å². The van der Waals surface area contributed by atoms with Gasteiger partial charge in [0, 0.05) is 31.9 Å². The molecule has 21 heavy (non-hydrogen) atoms. The maximum absolute atomic E-state index is 4.43. The highest BCUT2D eigenvalue weighted by atomic mass is 15.0. The van der Waals surface area contributed by atoms with Crippen molar-refractivity contribution in [2.24, 2.45) is 7.05 Å². The van der Waals surface area contributed by atoms with Crippen molar-refractivity contribution in [2.75, 3.05) is 6.54 Å². The predicted molar refractivity (Wildman–Crippen MR) is 88.5 cm³/mol. The molecule has 3 heteroatoms. The molecule has 0 aliphatic rings. The van der Waals surface area contributed by atoms with Gasteiger partial charge in [-0.1, -0.05) is 36.2 Å². The Kier molecular flexibility index (Phi) is 5.57. The Morgan fingerprint density at radius 3 is 2.48 bits per heavy atom. The molecule has 0 aliphatic heterocycles. The largest absolute Gasteiger partial charge is 0.338 e. The maximum Gasteiger partial charge on any atom is 0.108 e. The number of aryl methyl sites for hydroxylation is 4. The molecule has 1 aromatic carbocycles. The molecule has 114 valence electrons. The summed E-state index contributed by atoms with van der Waals surface area (Å²) in [6.45, 7) is 7.61. The number of aromatic nitrogens is 2. The molecule has 0 fully saturated rings. The Morgan fingerprint density at radius 2 is 1.90 bits per heavy atom. The first-order chi connectivity index (χ1) is 10.1. The van der Waals surface area contributed by atoms with Crippen molar-refractivity contribution in [1.82, 2.24) is 14.9 Å². The molecule has 2 rings (SSSR count). The molecule has 0 radical (unpaired) electrons. The van der Waals surface area contributed by atoms with E-state index in [1.165, 1.54) is 16.7 Å². The Balaban J connectivity index is 2.11. The van der Waals surface area contributed by atoms with E-state index < -0.39 is 0 Å². The molecule has 2 aromatic rings. The summed E-state index contributed by atoms with van der Waals surface area (Å²) in [4.78, 5) is 4.43. The van der Waals surface area contributed by atoms with E-state index in [4.69, 9.17) is 0 Å². The maximum atomic E-state index is 4.43. The third kappa shape index (κ3) is 4.43. The molecular weight excluding hydrogens is 258 g/mol. The van der Waals surface area contributed by atoms with Crippen LogP contribution in [0.5, 0.6) is 0 Å². The molecule has 1 aromatic heterocycles. The lowest BCUT2D eigenvalue weighted by Crippen LogP contribution is -2.23. The fourth-order valence-corrected chi connectivity index (χ4v) is 2.83. The van der Waals surface area contributed by atoms with Crippen LogP contribution in [-0.2, 0) is 13.5 Å². The van der Waals surface area contributed by atoms with E-state index in [0.717, 1.165) is 31.6 Å². The van der Waals surface area contributed by atoms with Crippen LogP contribution in [0.25, 0.3) is 0 Å². The second-order valence-electron chi connectivity index (χ2n) is 5.92. The van der Waals surface area contributed by atoms with E-state index in [-0.39, 0.29) is 0 Å². The zero-order valence-electron chi connectivity index (χ0n) is 13.7. The van der Waals surface area contributed by atoms with Crippen LogP contribution in [0.15, 0.2) is 30.6 Å². The van der Waals surface area contributed by atoms with Crippen LogP contribution in [0, 0.1) is 13.8 Å². The van der Waals surface area contributed by atoms with Crippen LogP contribution in [0.3, 0.4) is 0 Å². The summed E-state index contributed by atoms with van der Waals surface area (Å²) >= 11 is 0. The highest BCUT2D eigenvalue weighted by Crippen LogP contribution is 2.21. The summed E-state index contributed by atoms with van der Waals surface area (Å²) in [7, 11) is 2.06. The quantitative estimate of drug-likeness (QED) is 0.840. The number of rotatable bonds is 7. The van der Waals surface area contributed by atoms with Crippen LogP contribution >= 0.6 is 0 Å². The van der Waals surface area contributed by atoms with Crippen molar-refractivity contribution in [3.63, 3.8) is 0 Å². The highest BCUT2D eigenvalue weighted by molar-refractivity contribution is 5.30. The third-order valence-electron chi connectivity index (χ3n) is 3.86. The van der Waals surface area contributed by atoms with E-state index in [1.807, 2.05) is 12.4 Å². The number of imidazole rings is 1. The fourth-order valence-electron chi connectivity index (χ4n) is 2.83. The molecule has 0 saturated heterocycles. The Hall–Kier alpha value is -1.61. The number of hydrogen-bond acceptors (Lipinski definition) is 2. The van der Waals surface area contributed by atoms with Gasteiger partial charge in [-0.2, -0.15) is 0 Å². The Bertz CT molecular complexity index is 551. The first kappa shape index (κ1) is 15.8. The monoisotopic (exact) mass is 285 g/mol. The zero-order chi connectivity index (χ0) is 15.2. The molecule has 1 unspecified atom stereocenters. The van der Waals surface area contributed by atoms with Crippen LogP contribution in [0.2, 0.25) is 0 Å². The van der Waals surface area contributed by atoms with Gasteiger partial charge in [0.1, 0.15) is 5.82 Å². The fraction of sp³-hybridized carbons (Fsp3) is 0.500. The summed E-state index contributed by atoms with van der Waals surface area (Å²) in [6, 6.07) is 7.25. The molecular formula is C18H27N3. The molecule has 0 spiro atoms. The van der Waals surface area contributed by atoms with Gasteiger partial charge in [0.05, 0.1) is 0 Å². The average molecular weight is 285 g/mol. The first-order valence-corrected chi connectivity index (χ1v) is 7.88. The topological polar surface area (TPSA) is 29.9 Å². The predicted octanol–water partition coefficient (Wildman–Crippen LogP) is 3.71. The molecule has 0 saturated carbocycles. The van der Waals surface area contributed by atoms with Crippen LogP contribution in [0.4, 0.5) is 0 Å². The van der Waals surface area contributed by atoms with Crippen LogP contribution in [0.1, 0.15) is 48.3 Å². The van der Waals surface area contributed by atoms with Crippen LogP contribution in [-0.4, -0.2) is 16.1 Å². The van der Waals surface area contributed by atoms with Crippen molar-refractivity contribution in [2.45, 2.75) is 46.1 Å². The van der Waals surface area contributed by atoms with Gasteiger partial charge >= 0.3 is 0 Å². The molecule has 1 N–H and O–H groups in total. The summed E-state index contributed by atoms with van der Waals surface area (Å²) in [6.07, 6.45) is 7.12. The van der Waals surface area contributed by atoms with E-state index in [9.17, 15) is 0 Å². The molecule has 1 atom stereocenters. The van der Waals surface area contributed by atoms with Gasteiger partial charge in [0.15, 0.2) is 0 Å². The van der Waals surface area contributed by atoms with Gasteiger partial charge < -0.3 is 9.88 Å². The lowest BCUT2D eigenvalue weighted by atomic mass is 9.97. The minimum atomic E-state index is 0.403.